The Balaban J connectivity index is 1.97. The molecule has 2 heterocycles. The zero-order valence-electron chi connectivity index (χ0n) is 10.00. The highest BCUT2D eigenvalue weighted by molar-refractivity contribution is 7.13. The largest absolute Gasteiger partial charge is 0.481 e. The highest BCUT2D eigenvalue weighted by Crippen LogP contribution is 2.24. The minimum Gasteiger partial charge on any atom is -0.481 e. The first kappa shape index (κ1) is 12.8. The Labute approximate surface area is 108 Å². The van der Waals surface area contributed by atoms with Crippen LogP contribution in [0.1, 0.15) is 12.6 Å². The Morgan fingerprint density at radius 3 is 2.83 bits per heavy atom. The lowest BCUT2D eigenvalue weighted by Crippen LogP contribution is -2.31. The number of hydrogen-bond donors (Lipinski definition) is 2. The van der Waals surface area contributed by atoms with E-state index in [1.807, 2.05) is 6.92 Å². The molecule has 1 aromatic rings. The molecular formula is C11H15N3O3S. The van der Waals surface area contributed by atoms with Crippen LogP contribution in [0, 0.1) is 11.8 Å². The third-order valence-corrected chi connectivity index (χ3v) is 3.91. The topological polar surface area (TPSA) is 96.5 Å². The quantitative estimate of drug-likeness (QED) is 0.830. The van der Waals surface area contributed by atoms with Crippen LogP contribution < -0.4 is 5.73 Å². The van der Waals surface area contributed by atoms with Crippen LogP contribution in [0.25, 0.3) is 0 Å². The fourth-order valence-electron chi connectivity index (χ4n) is 2.16. The monoisotopic (exact) mass is 269 g/mol. The van der Waals surface area contributed by atoms with E-state index in [-0.39, 0.29) is 24.8 Å². The predicted molar refractivity (Wildman–Crippen MR) is 67.1 cm³/mol. The van der Waals surface area contributed by atoms with E-state index in [1.165, 1.54) is 11.3 Å². The van der Waals surface area contributed by atoms with Crippen LogP contribution in [-0.2, 0) is 16.0 Å². The summed E-state index contributed by atoms with van der Waals surface area (Å²) in [6, 6.07) is 0. The second-order valence-corrected chi connectivity index (χ2v) is 5.46. The van der Waals surface area contributed by atoms with Gasteiger partial charge in [-0.3, -0.25) is 9.59 Å². The third-order valence-electron chi connectivity index (χ3n) is 3.18. The number of rotatable bonds is 3. The first-order chi connectivity index (χ1) is 8.47. The molecule has 3 N–H and O–H groups in total. The Morgan fingerprint density at radius 1 is 1.61 bits per heavy atom. The maximum Gasteiger partial charge on any atom is 0.308 e. The molecule has 18 heavy (non-hydrogen) atoms. The summed E-state index contributed by atoms with van der Waals surface area (Å²) in [7, 11) is 0. The van der Waals surface area contributed by atoms with E-state index in [0.29, 0.717) is 17.4 Å². The maximum absolute atomic E-state index is 12.0. The van der Waals surface area contributed by atoms with Gasteiger partial charge >= 0.3 is 5.97 Å². The average molecular weight is 269 g/mol. The summed E-state index contributed by atoms with van der Waals surface area (Å²) >= 11 is 1.30. The van der Waals surface area contributed by atoms with E-state index in [2.05, 4.69) is 4.98 Å². The molecule has 2 atom stereocenters. The van der Waals surface area contributed by atoms with Gasteiger partial charge < -0.3 is 15.7 Å². The van der Waals surface area contributed by atoms with Crippen LogP contribution in [0.4, 0.5) is 5.13 Å². The minimum absolute atomic E-state index is 0.00745. The van der Waals surface area contributed by atoms with Crippen LogP contribution in [0.3, 0.4) is 0 Å². The van der Waals surface area contributed by atoms with Gasteiger partial charge in [-0.25, -0.2) is 4.98 Å². The zero-order chi connectivity index (χ0) is 13.3. The second kappa shape index (κ2) is 4.93. The number of carbonyl (C=O) groups is 2. The van der Waals surface area contributed by atoms with Gasteiger partial charge in [0.25, 0.3) is 0 Å². The third kappa shape index (κ3) is 2.61. The van der Waals surface area contributed by atoms with Gasteiger partial charge in [-0.1, -0.05) is 6.92 Å². The molecule has 1 amide bonds. The van der Waals surface area contributed by atoms with Gasteiger partial charge in [0.2, 0.25) is 5.91 Å². The molecule has 0 aliphatic carbocycles. The van der Waals surface area contributed by atoms with Gasteiger partial charge in [0.1, 0.15) is 0 Å². The van der Waals surface area contributed by atoms with Crippen molar-refractivity contribution in [2.75, 3.05) is 18.8 Å². The molecule has 1 aliphatic rings. The first-order valence-corrected chi connectivity index (χ1v) is 6.55. The van der Waals surface area contributed by atoms with Crippen molar-refractivity contribution in [3.05, 3.63) is 11.1 Å². The van der Waals surface area contributed by atoms with Crippen molar-refractivity contribution in [1.82, 2.24) is 9.88 Å². The smallest absolute Gasteiger partial charge is 0.308 e. The van der Waals surface area contributed by atoms with Gasteiger partial charge in [0.05, 0.1) is 18.0 Å². The highest BCUT2D eigenvalue weighted by Gasteiger charge is 2.36. The Morgan fingerprint density at radius 2 is 2.33 bits per heavy atom. The first-order valence-electron chi connectivity index (χ1n) is 5.68. The van der Waals surface area contributed by atoms with E-state index >= 15 is 0 Å². The van der Waals surface area contributed by atoms with Gasteiger partial charge in [0, 0.05) is 18.5 Å². The van der Waals surface area contributed by atoms with E-state index in [9.17, 15) is 9.59 Å². The van der Waals surface area contributed by atoms with E-state index in [0.717, 1.165) is 0 Å². The molecule has 7 heteroatoms. The van der Waals surface area contributed by atoms with Crippen molar-refractivity contribution in [1.29, 1.82) is 0 Å². The van der Waals surface area contributed by atoms with Crippen LogP contribution in [-0.4, -0.2) is 40.0 Å². The van der Waals surface area contributed by atoms with Gasteiger partial charge in [0.15, 0.2) is 5.13 Å². The zero-order valence-corrected chi connectivity index (χ0v) is 10.8. The van der Waals surface area contributed by atoms with Gasteiger partial charge in [-0.2, -0.15) is 0 Å². The molecule has 0 bridgehead atoms. The number of thiazole rings is 1. The summed E-state index contributed by atoms with van der Waals surface area (Å²) in [6.45, 7) is 2.64. The molecule has 2 rings (SSSR count). The molecule has 98 valence electrons. The molecule has 0 spiro atoms. The van der Waals surface area contributed by atoms with Gasteiger partial charge in [-0.05, 0) is 5.92 Å². The number of aliphatic carboxylic acids is 1. The number of aromatic nitrogens is 1. The van der Waals surface area contributed by atoms with Crippen molar-refractivity contribution in [3.8, 4) is 0 Å². The lowest BCUT2D eigenvalue weighted by atomic mass is 9.99. The lowest BCUT2D eigenvalue weighted by molar-refractivity contribution is -0.142. The summed E-state index contributed by atoms with van der Waals surface area (Å²) in [6.07, 6.45) is 0.187. The van der Waals surface area contributed by atoms with Crippen LogP contribution in [0.5, 0.6) is 0 Å². The normalized spacial score (nSPS) is 23.3. The number of carboxylic acid groups (broad SMARTS) is 1. The summed E-state index contributed by atoms with van der Waals surface area (Å²) in [5.74, 6) is -1.40. The standard InChI is InChI=1S/C11H15N3O3S/c1-6-3-14(4-8(6)10(16)17)9(15)2-7-5-18-11(12)13-7/h5-6,8H,2-4H2,1H3,(H2,12,13)(H,16,17). The Hall–Kier alpha value is -1.63. The van der Waals surface area contributed by atoms with Crippen molar-refractivity contribution < 1.29 is 14.7 Å². The van der Waals surface area contributed by atoms with Crippen molar-refractivity contribution >= 4 is 28.3 Å². The van der Waals surface area contributed by atoms with Crippen LogP contribution >= 0.6 is 11.3 Å². The molecule has 1 saturated heterocycles. The average Bonchev–Trinajstić information content (AvgIpc) is 2.85. The number of likely N-dealkylation sites (tertiary alicyclic amines) is 1. The molecular weight excluding hydrogens is 254 g/mol. The van der Waals surface area contributed by atoms with E-state index in [1.54, 1.807) is 10.3 Å². The number of nitrogen functional groups attached to an aromatic ring is 1. The fraction of sp³-hybridized carbons (Fsp3) is 0.545. The number of amides is 1. The molecule has 2 unspecified atom stereocenters. The minimum atomic E-state index is -0.837. The second-order valence-electron chi connectivity index (χ2n) is 4.57. The molecule has 0 aromatic carbocycles. The number of carboxylic acids is 1. The van der Waals surface area contributed by atoms with Crippen LogP contribution in [0.15, 0.2) is 5.38 Å². The SMILES string of the molecule is CC1CN(C(=O)Cc2csc(N)n2)CC1C(=O)O. The summed E-state index contributed by atoms with van der Waals surface area (Å²) < 4.78 is 0. The molecule has 0 radical (unpaired) electrons. The summed E-state index contributed by atoms with van der Waals surface area (Å²) in [5.41, 5.74) is 6.14. The molecule has 1 fully saturated rings. The Kier molecular flexibility index (Phi) is 3.51. The maximum atomic E-state index is 12.0. The summed E-state index contributed by atoms with van der Waals surface area (Å²) in [4.78, 5) is 28.6. The number of nitrogens with two attached hydrogens (primary N) is 1. The van der Waals surface area contributed by atoms with Crippen molar-refractivity contribution in [2.45, 2.75) is 13.3 Å². The van der Waals surface area contributed by atoms with E-state index in [4.69, 9.17) is 10.8 Å². The van der Waals surface area contributed by atoms with Crippen molar-refractivity contribution in [3.63, 3.8) is 0 Å². The molecule has 6 nitrogen and oxygen atoms in total. The predicted octanol–water partition coefficient (Wildman–Crippen LogP) is 0.447. The Bertz CT molecular complexity index is 474. The number of nitrogens with zero attached hydrogens (tertiary/aromatic N) is 2. The number of hydrogen-bond acceptors (Lipinski definition) is 5. The summed E-state index contributed by atoms with van der Waals surface area (Å²) in [5, 5.41) is 11.2. The van der Waals surface area contributed by atoms with E-state index < -0.39 is 11.9 Å². The highest BCUT2D eigenvalue weighted by atomic mass is 32.1. The lowest BCUT2D eigenvalue weighted by Gasteiger charge is -2.14. The number of carbonyl (C=O) groups excluding carboxylic acids is 1. The number of anilines is 1. The van der Waals surface area contributed by atoms with Crippen molar-refractivity contribution in [2.24, 2.45) is 11.8 Å². The van der Waals surface area contributed by atoms with Crippen LogP contribution in [0.2, 0.25) is 0 Å². The molecule has 1 aliphatic heterocycles. The molecule has 1 aromatic heterocycles. The fourth-order valence-corrected chi connectivity index (χ4v) is 2.73. The molecule has 0 saturated carbocycles. The van der Waals surface area contributed by atoms with Gasteiger partial charge in [-0.15, -0.1) is 11.3 Å².